The summed E-state index contributed by atoms with van der Waals surface area (Å²) in [5.74, 6) is -0.262. The molecule has 0 saturated heterocycles. The average Bonchev–Trinajstić information content (AvgIpc) is 3.53. The zero-order chi connectivity index (χ0) is 21.5. The highest BCUT2D eigenvalue weighted by Gasteiger charge is 2.51. The highest BCUT2D eigenvalue weighted by Crippen LogP contribution is 2.50. The van der Waals surface area contributed by atoms with E-state index in [0.29, 0.717) is 35.5 Å². The van der Waals surface area contributed by atoms with Crippen LogP contribution in [0.1, 0.15) is 41.3 Å². The summed E-state index contributed by atoms with van der Waals surface area (Å²) in [4.78, 5) is 29.4. The third-order valence-corrected chi connectivity index (χ3v) is 5.59. The quantitative estimate of drug-likeness (QED) is 0.435. The highest BCUT2D eigenvalue weighted by molar-refractivity contribution is 6.01. The van der Waals surface area contributed by atoms with E-state index in [-0.39, 0.29) is 23.2 Å². The number of aromatic hydroxyl groups is 2. The summed E-state index contributed by atoms with van der Waals surface area (Å²) < 4.78 is 0. The minimum absolute atomic E-state index is 0.0215. The molecule has 1 aliphatic rings. The van der Waals surface area contributed by atoms with E-state index in [4.69, 9.17) is 0 Å². The lowest BCUT2D eigenvalue weighted by Crippen LogP contribution is -2.28. The summed E-state index contributed by atoms with van der Waals surface area (Å²) in [6.07, 6.45) is 1.31. The summed E-state index contributed by atoms with van der Waals surface area (Å²) in [5, 5.41) is 22.2. The van der Waals surface area contributed by atoms with Crippen molar-refractivity contribution in [3.63, 3.8) is 0 Å². The van der Waals surface area contributed by atoms with Crippen molar-refractivity contribution in [1.82, 2.24) is 4.98 Å². The lowest BCUT2D eigenvalue weighted by atomic mass is 9.94. The Balaban J connectivity index is 1.62. The molecule has 1 saturated carbocycles. The number of benzene rings is 2. The molecule has 30 heavy (non-hydrogen) atoms. The number of phenolic OH excluding ortho intramolecular Hbond substituents is 2. The van der Waals surface area contributed by atoms with E-state index in [2.05, 4.69) is 10.3 Å². The minimum atomic E-state index is -0.730. The van der Waals surface area contributed by atoms with Gasteiger partial charge in [-0.2, -0.15) is 0 Å². The molecule has 152 valence electrons. The second kappa shape index (κ2) is 7.30. The zero-order valence-electron chi connectivity index (χ0n) is 16.8. The lowest BCUT2D eigenvalue weighted by Gasteiger charge is -2.17. The fourth-order valence-electron chi connectivity index (χ4n) is 3.60. The van der Waals surface area contributed by atoms with E-state index >= 15 is 0 Å². The van der Waals surface area contributed by atoms with Gasteiger partial charge in [0.1, 0.15) is 5.82 Å². The molecule has 1 fully saturated rings. The first-order chi connectivity index (χ1) is 14.3. The molecule has 3 aromatic rings. The maximum atomic E-state index is 13.0. The van der Waals surface area contributed by atoms with E-state index in [1.807, 2.05) is 25.1 Å². The molecule has 3 N–H and O–H groups in total. The molecule has 1 heterocycles. The number of nitrogens with zero attached hydrogens (tertiary/aromatic N) is 1. The highest BCUT2D eigenvalue weighted by atomic mass is 16.3. The predicted octanol–water partition coefficient (Wildman–Crippen LogP) is 4.34. The van der Waals surface area contributed by atoms with Crippen LogP contribution in [0.25, 0.3) is 11.3 Å². The van der Waals surface area contributed by atoms with Crippen LogP contribution in [0.2, 0.25) is 0 Å². The van der Waals surface area contributed by atoms with E-state index in [1.165, 1.54) is 19.1 Å². The van der Waals surface area contributed by atoms with Gasteiger partial charge in [0.25, 0.3) is 0 Å². The molecule has 6 heteroatoms. The van der Waals surface area contributed by atoms with Crippen LogP contribution in [0.3, 0.4) is 0 Å². The molecule has 1 aromatic heterocycles. The number of pyridine rings is 1. The van der Waals surface area contributed by atoms with Gasteiger partial charge in [-0.25, -0.2) is 4.98 Å². The number of aromatic nitrogens is 1. The van der Waals surface area contributed by atoms with E-state index in [0.717, 1.165) is 11.1 Å². The molecule has 0 unspecified atom stereocenters. The van der Waals surface area contributed by atoms with Gasteiger partial charge in [-0.05, 0) is 62.1 Å². The normalized spacial score (nSPS) is 14.2. The number of hydrogen-bond acceptors (Lipinski definition) is 5. The average molecular weight is 402 g/mol. The first-order valence-electron chi connectivity index (χ1n) is 9.73. The Labute approximate surface area is 174 Å². The van der Waals surface area contributed by atoms with Crippen molar-refractivity contribution in [2.75, 3.05) is 5.32 Å². The van der Waals surface area contributed by atoms with E-state index < -0.39 is 5.41 Å². The number of hydrogen-bond donors (Lipinski definition) is 3. The van der Waals surface area contributed by atoms with Gasteiger partial charge in [-0.3, -0.25) is 9.59 Å². The number of phenols is 2. The number of aryl methyl sites for hydroxylation is 1. The number of carbonyl (C=O) groups is 2. The monoisotopic (exact) mass is 402 g/mol. The fourth-order valence-corrected chi connectivity index (χ4v) is 3.60. The molecule has 0 atom stereocenters. The van der Waals surface area contributed by atoms with Crippen molar-refractivity contribution in [2.45, 2.75) is 32.1 Å². The SMILES string of the molecule is CC(=O)c1cccc(-c2nc(NC(=O)C3(c4ccc(O)c(O)c4)CC3)ccc2C)c1. The molecule has 0 bridgehead atoms. The van der Waals surface area contributed by atoms with Gasteiger partial charge in [0, 0.05) is 11.1 Å². The maximum Gasteiger partial charge on any atom is 0.236 e. The van der Waals surface area contributed by atoms with Gasteiger partial charge in [-0.1, -0.05) is 30.3 Å². The number of nitrogens with one attached hydrogen (secondary N) is 1. The van der Waals surface area contributed by atoms with Crippen LogP contribution in [-0.2, 0) is 10.2 Å². The Bertz CT molecular complexity index is 1170. The molecule has 0 aliphatic heterocycles. The minimum Gasteiger partial charge on any atom is -0.504 e. The standard InChI is InChI=1S/C24H22N2O4/c1-14-6-9-21(25-22(14)17-5-3-4-16(12-17)15(2)27)26-23(30)24(10-11-24)18-7-8-19(28)20(29)13-18/h3-9,12-13,28-29H,10-11H2,1-2H3,(H,25,26,30). The van der Waals surface area contributed by atoms with Crippen molar-refractivity contribution < 1.29 is 19.8 Å². The lowest BCUT2D eigenvalue weighted by molar-refractivity contribution is -0.118. The molecule has 0 spiro atoms. The summed E-state index contributed by atoms with van der Waals surface area (Å²) in [5.41, 5.74) is 2.97. The van der Waals surface area contributed by atoms with Crippen LogP contribution < -0.4 is 5.32 Å². The third-order valence-electron chi connectivity index (χ3n) is 5.59. The van der Waals surface area contributed by atoms with Crippen molar-refractivity contribution in [3.05, 3.63) is 71.3 Å². The first kappa shape index (κ1) is 19.6. The molecule has 4 rings (SSSR count). The number of amides is 1. The second-order valence-corrected chi connectivity index (χ2v) is 7.74. The van der Waals surface area contributed by atoms with Crippen LogP contribution in [0.5, 0.6) is 11.5 Å². The number of anilines is 1. The first-order valence-corrected chi connectivity index (χ1v) is 9.73. The van der Waals surface area contributed by atoms with Crippen molar-refractivity contribution in [1.29, 1.82) is 0 Å². The number of carbonyl (C=O) groups excluding carboxylic acids is 2. The Morgan fingerprint density at radius 3 is 2.43 bits per heavy atom. The molecular weight excluding hydrogens is 380 g/mol. The number of Topliss-reactive ketones (excluding diaryl/α,β-unsaturated/α-hetero) is 1. The largest absolute Gasteiger partial charge is 0.504 e. The Morgan fingerprint density at radius 1 is 1.00 bits per heavy atom. The zero-order valence-corrected chi connectivity index (χ0v) is 16.8. The van der Waals surface area contributed by atoms with Crippen LogP contribution in [0, 0.1) is 6.92 Å². The third kappa shape index (κ3) is 3.52. The topological polar surface area (TPSA) is 99.5 Å². The summed E-state index contributed by atoms with van der Waals surface area (Å²) in [6, 6.07) is 15.4. The number of rotatable bonds is 5. The molecule has 1 amide bonds. The van der Waals surface area contributed by atoms with Gasteiger partial charge >= 0.3 is 0 Å². The van der Waals surface area contributed by atoms with Crippen molar-refractivity contribution in [2.24, 2.45) is 0 Å². The molecule has 6 nitrogen and oxygen atoms in total. The molecule has 0 radical (unpaired) electrons. The van der Waals surface area contributed by atoms with Crippen LogP contribution in [0.4, 0.5) is 5.82 Å². The van der Waals surface area contributed by atoms with Gasteiger partial charge in [0.2, 0.25) is 5.91 Å². The van der Waals surface area contributed by atoms with Gasteiger partial charge in [-0.15, -0.1) is 0 Å². The summed E-state index contributed by atoms with van der Waals surface area (Å²) in [7, 11) is 0. The van der Waals surface area contributed by atoms with Crippen LogP contribution >= 0.6 is 0 Å². The Hall–Kier alpha value is -3.67. The molecular formula is C24H22N2O4. The van der Waals surface area contributed by atoms with Crippen molar-refractivity contribution >= 4 is 17.5 Å². The van der Waals surface area contributed by atoms with Crippen molar-refractivity contribution in [3.8, 4) is 22.8 Å². The molecule has 2 aromatic carbocycles. The maximum absolute atomic E-state index is 13.0. The van der Waals surface area contributed by atoms with Gasteiger partial charge in [0.15, 0.2) is 17.3 Å². The van der Waals surface area contributed by atoms with Crippen LogP contribution in [0.15, 0.2) is 54.6 Å². The Kier molecular flexibility index (Phi) is 4.78. The Morgan fingerprint density at radius 2 is 1.77 bits per heavy atom. The molecule has 1 aliphatic carbocycles. The van der Waals surface area contributed by atoms with Gasteiger partial charge < -0.3 is 15.5 Å². The number of ketones is 1. The smallest absolute Gasteiger partial charge is 0.236 e. The van der Waals surface area contributed by atoms with Crippen LogP contribution in [-0.4, -0.2) is 26.9 Å². The second-order valence-electron chi connectivity index (χ2n) is 7.74. The van der Waals surface area contributed by atoms with Gasteiger partial charge in [0.05, 0.1) is 11.1 Å². The summed E-state index contributed by atoms with van der Waals surface area (Å²) >= 11 is 0. The van der Waals surface area contributed by atoms with E-state index in [1.54, 1.807) is 24.3 Å². The summed E-state index contributed by atoms with van der Waals surface area (Å²) in [6.45, 7) is 3.45. The van der Waals surface area contributed by atoms with E-state index in [9.17, 15) is 19.8 Å². The predicted molar refractivity (Wildman–Crippen MR) is 114 cm³/mol. The fraction of sp³-hybridized carbons (Fsp3) is 0.208.